The van der Waals surface area contributed by atoms with Gasteiger partial charge in [0.25, 0.3) is 0 Å². The minimum Gasteiger partial charge on any atom is -0.469 e. The van der Waals surface area contributed by atoms with Crippen LogP contribution in [0.2, 0.25) is 0 Å². The van der Waals surface area contributed by atoms with Gasteiger partial charge in [-0.05, 0) is 42.3 Å². The average molecular weight is 450 g/mol. The number of nitriles is 1. The van der Waals surface area contributed by atoms with Crippen LogP contribution in [0.15, 0.2) is 71.8 Å². The van der Waals surface area contributed by atoms with Crippen molar-refractivity contribution in [2.75, 3.05) is 18.4 Å². The minimum atomic E-state index is -3.84. The van der Waals surface area contributed by atoms with E-state index < -0.39 is 10.0 Å². The number of pyridine rings is 1. The number of nitrogens with two attached hydrogens (primary N) is 1. The Morgan fingerprint density at radius 2 is 1.97 bits per heavy atom. The van der Waals surface area contributed by atoms with Gasteiger partial charge in [0.2, 0.25) is 15.9 Å². The van der Waals surface area contributed by atoms with Crippen molar-refractivity contribution < 1.29 is 13.2 Å². The summed E-state index contributed by atoms with van der Waals surface area (Å²) in [6, 6.07) is 21.0. The molecule has 1 aliphatic rings. The zero-order chi connectivity index (χ0) is 22.6. The number of rotatable bonds is 7. The third kappa shape index (κ3) is 5.06. The molecule has 3 aromatic rings. The Morgan fingerprint density at radius 3 is 2.66 bits per heavy atom. The zero-order valence-corrected chi connectivity index (χ0v) is 18.0. The number of sulfonamides is 1. The standard InChI is InChI=1S/C23H23N5O3S/c24-13-17-8-6-16(7-9-17)10-11-26-22(18-4-2-1-3-5-18)21-15-27-20-12-19(32(25,29)30)14-28-23(20)31-21/h1-9,12,14,21-22,26-27H,10-11,15H2,(H2,25,29,30)/t21-,22+/m0/s1. The van der Waals surface area contributed by atoms with Gasteiger partial charge in [0.15, 0.2) is 0 Å². The van der Waals surface area contributed by atoms with Crippen molar-refractivity contribution in [1.82, 2.24) is 10.3 Å². The van der Waals surface area contributed by atoms with E-state index in [1.807, 2.05) is 54.6 Å². The Kier molecular flexibility index (Phi) is 6.37. The molecule has 2 atom stereocenters. The second kappa shape index (κ2) is 9.36. The summed E-state index contributed by atoms with van der Waals surface area (Å²) in [6.07, 6.45) is 1.73. The van der Waals surface area contributed by atoms with Gasteiger partial charge in [-0.15, -0.1) is 0 Å². The van der Waals surface area contributed by atoms with E-state index in [0.717, 1.165) is 17.5 Å². The van der Waals surface area contributed by atoms with Gasteiger partial charge in [-0.1, -0.05) is 42.5 Å². The molecule has 0 spiro atoms. The molecule has 1 aromatic heterocycles. The van der Waals surface area contributed by atoms with Crippen LogP contribution in [0.25, 0.3) is 0 Å². The van der Waals surface area contributed by atoms with E-state index in [1.54, 1.807) is 0 Å². The summed E-state index contributed by atoms with van der Waals surface area (Å²) in [5.41, 5.74) is 3.34. The quantitative estimate of drug-likeness (QED) is 0.505. The molecule has 0 aliphatic carbocycles. The molecule has 0 amide bonds. The molecule has 0 radical (unpaired) electrons. The molecule has 2 heterocycles. The van der Waals surface area contributed by atoms with Crippen LogP contribution in [-0.2, 0) is 16.4 Å². The van der Waals surface area contributed by atoms with Crippen molar-refractivity contribution >= 4 is 15.7 Å². The Morgan fingerprint density at radius 1 is 1.22 bits per heavy atom. The lowest BCUT2D eigenvalue weighted by Crippen LogP contribution is -2.43. The van der Waals surface area contributed by atoms with Crippen molar-refractivity contribution in [3.05, 3.63) is 83.6 Å². The first-order valence-corrected chi connectivity index (χ1v) is 11.7. The third-order valence-corrected chi connectivity index (χ3v) is 6.18. The normalized spacial score (nSPS) is 16.2. The third-order valence-electron chi connectivity index (χ3n) is 5.30. The lowest BCUT2D eigenvalue weighted by molar-refractivity contribution is 0.150. The first-order valence-electron chi connectivity index (χ1n) is 10.1. The number of benzene rings is 2. The largest absolute Gasteiger partial charge is 0.469 e. The number of primary sulfonamides is 1. The van der Waals surface area contributed by atoms with E-state index in [4.69, 9.17) is 15.1 Å². The van der Waals surface area contributed by atoms with Crippen molar-refractivity contribution in [2.45, 2.75) is 23.5 Å². The van der Waals surface area contributed by atoms with Crippen LogP contribution in [0.1, 0.15) is 22.7 Å². The van der Waals surface area contributed by atoms with Gasteiger partial charge in [0.05, 0.1) is 36.1 Å². The molecule has 0 saturated carbocycles. The number of fused-ring (bicyclic) bond motifs is 1. The second-order valence-corrected chi connectivity index (χ2v) is 9.07. The van der Waals surface area contributed by atoms with Crippen LogP contribution in [-0.4, -0.2) is 32.6 Å². The maximum Gasteiger partial charge on any atom is 0.239 e. The Bertz CT molecular complexity index is 1220. The summed E-state index contributed by atoms with van der Waals surface area (Å²) in [5, 5.41) is 20.9. The number of aromatic nitrogens is 1. The maximum atomic E-state index is 11.6. The van der Waals surface area contributed by atoms with Crippen LogP contribution in [0.4, 0.5) is 5.69 Å². The van der Waals surface area contributed by atoms with Crippen LogP contribution < -0.4 is 20.5 Å². The first-order chi connectivity index (χ1) is 15.4. The van der Waals surface area contributed by atoms with E-state index in [9.17, 15) is 8.42 Å². The number of hydrogen-bond donors (Lipinski definition) is 3. The van der Waals surface area contributed by atoms with Crippen LogP contribution >= 0.6 is 0 Å². The lowest BCUT2D eigenvalue weighted by atomic mass is 9.99. The topological polar surface area (TPSA) is 130 Å². The van der Waals surface area contributed by atoms with E-state index in [1.165, 1.54) is 12.3 Å². The highest BCUT2D eigenvalue weighted by molar-refractivity contribution is 7.89. The number of nitrogens with zero attached hydrogens (tertiary/aromatic N) is 2. The summed E-state index contributed by atoms with van der Waals surface area (Å²) in [4.78, 5) is 4.09. The summed E-state index contributed by atoms with van der Waals surface area (Å²) >= 11 is 0. The Hall–Kier alpha value is -3.45. The van der Waals surface area contributed by atoms with Gasteiger partial charge >= 0.3 is 0 Å². The number of ether oxygens (including phenoxy) is 1. The molecule has 0 bridgehead atoms. The SMILES string of the molecule is N#Cc1ccc(CCN[C@H](c2ccccc2)[C@@H]2CNc3cc(S(N)(=O)=O)cnc3O2)cc1. The van der Waals surface area contributed by atoms with Crippen LogP contribution in [0.3, 0.4) is 0 Å². The summed E-state index contributed by atoms with van der Waals surface area (Å²) in [7, 11) is -3.84. The predicted molar refractivity (Wildman–Crippen MR) is 121 cm³/mol. The Balaban J connectivity index is 1.49. The highest BCUT2D eigenvalue weighted by atomic mass is 32.2. The van der Waals surface area contributed by atoms with E-state index in [0.29, 0.717) is 30.2 Å². The molecule has 0 unspecified atom stereocenters. The van der Waals surface area contributed by atoms with Crippen LogP contribution in [0, 0.1) is 11.3 Å². The molecule has 32 heavy (non-hydrogen) atoms. The Labute approximate surface area is 187 Å². The van der Waals surface area contributed by atoms with E-state index >= 15 is 0 Å². The van der Waals surface area contributed by atoms with Gasteiger partial charge < -0.3 is 15.4 Å². The van der Waals surface area contributed by atoms with Crippen LogP contribution in [0.5, 0.6) is 5.88 Å². The molecule has 4 N–H and O–H groups in total. The second-order valence-electron chi connectivity index (χ2n) is 7.51. The smallest absolute Gasteiger partial charge is 0.239 e. The molecule has 2 aromatic carbocycles. The molecule has 0 saturated heterocycles. The molecule has 164 valence electrons. The molecular formula is C23H23N5O3S. The number of nitrogens with one attached hydrogen (secondary N) is 2. The van der Waals surface area contributed by atoms with Crippen molar-refractivity contribution in [3.63, 3.8) is 0 Å². The summed E-state index contributed by atoms with van der Waals surface area (Å²) < 4.78 is 29.3. The average Bonchev–Trinajstić information content (AvgIpc) is 2.81. The zero-order valence-electron chi connectivity index (χ0n) is 17.2. The van der Waals surface area contributed by atoms with Gasteiger partial charge in [-0.3, -0.25) is 0 Å². The van der Waals surface area contributed by atoms with Gasteiger partial charge in [0, 0.05) is 0 Å². The molecule has 4 rings (SSSR count). The van der Waals surface area contributed by atoms with Crippen molar-refractivity contribution in [2.24, 2.45) is 5.14 Å². The summed E-state index contributed by atoms with van der Waals surface area (Å²) in [6.45, 7) is 1.17. The van der Waals surface area contributed by atoms with Gasteiger partial charge in [-0.25, -0.2) is 18.5 Å². The number of anilines is 1. The highest BCUT2D eigenvalue weighted by Gasteiger charge is 2.30. The summed E-state index contributed by atoms with van der Waals surface area (Å²) in [5.74, 6) is 0.337. The van der Waals surface area contributed by atoms with Gasteiger partial charge in [0.1, 0.15) is 11.0 Å². The lowest BCUT2D eigenvalue weighted by Gasteiger charge is -2.33. The monoisotopic (exact) mass is 449 g/mol. The molecule has 1 aliphatic heterocycles. The molecule has 8 nitrogen and oxygen atoms in total. The highest BCUT2D eigenvalue weighted by Crippen LogP contribution is 2.32. The van der Waals surface area contributed by atoms with E-state index in [-0.39, 0.29) is 17.0 Å². The minimum absolute atomic E-state index is 0.0639. The first kappa shape index (κ1) is 21.8. The molecule has 0 fully saturated rings. The van der Waals surface area contributed by atoms with Crippen molar-refractivity contribution in [3.8, 4) is 11.9 Å². The van der Waals surface area contributed by atoms with E-state index in [2.05, 4.69) is 21.7 Å². The molecule has 9 heteroatoms. The molecular weight excluding hydrogens is 426 g/mol. The van der Waals surface area contributed by atoms with Crippen molar-refractivity contribution in [1.29, 1.82) is 5.26 Å². The maximum absolute atomic E-state index is 11.6. The fourth-order valence-corrected chi connectivity index (χ4v) is 4.11. The predicted octanol–water partition coefficient (Wildman–Crippen LogP) is 2.35. The number of hydrogen-bond acceptors (Lipinski definition) is 7. The fraction of sp³-hybridized carbons (Fsp3) is 0.217. The van der Waals surface area contributed by atoms with Gasteiger partial charge in [-0.2, -0.15) is 5.26 Å². The fourth-order valence-electron chi connectivity index (χ4n) is 3.63.